The molecule has 5 aromatic rings. The number of benzene rings is 2. The smallest absolute Gasteiger partial charge is 0.232 e. The van der Waals surface area contributed by atoms with Crippen molar-refractivity contribution in [2.75, 3.05) is 10.6 Å². The molecule has 3 aromatic heterocycles. The number of fused-ring (bicyclic) bond motifs is 2. The molecule has 2 aromatic carbocycles. The topological polar surface area (TPSA) is 94.3 Å². The number of aromatic nitrogens is 5. The van der Waals surface area contributed by atoms with Crippen LogP contribution in [0.5, 0.6) is 0 Å². The van der Waals surface area contributed by atoms with Gasteiger partial charge in [0.2, 0.25) is 11.9 Å². The summed E-state index contributed by atoms with van der Waals surface area (Å²) in [5.74, 6) is 0.962. The van der Waals surface area contributed by atoms with Crippen molar-refractivity contribution in [3.05, 3.63) is 67.3 Å². The van der Waals surface area contributed by atoms with E-state index in [9.17, 15) is 0 Å². The molecule has 26 heavy (non-hydrogen) atoms. The third-order valence-electron chi connectivity index (χ3n) is 4.19. The Hall–Kier alpha value is -3.87. The standard InChI is InChI=1S/C19H15N7/c1-3-14(9-16-12(1)5-7-20-16)24-18-22-11-23-19(26-18)25-15-4-2-13-6-8-21-17(13)10-15/h1-11,20-21H,(H2,22,23,24,25,26). The van der Waals surface area contributed by atoms with Gasteiger partial charge in [-0.25, -0.2) is 9.97 Å². The molecular formula is C19H15N7. The van der Waals surface area contributed by atoms with Gasteiger partial charge in [-0.15, -0.1) is 0 Å². The number of aromatic amines is 2. The van der Waals surface area contributed by atoms with Crippen molar-refractivity contribution in [3.8, 4) is 0 Å². The summed E-state index contributed by atoms with van der Waals surface area (Å²) in [6, 6.07) is 16.2. The van der Waals surface area contributed by atoms with Gasteiger partial charge in [-0.3, -0.25) is 0 Å². The van der Waals surface area contributed by atoms with Gasteiger partial charge in [0, 0.05) is 34.8 Å². The van der Waals surface area contributed by atoms with Crippen molar-refractivity contribution in [2.24, 2.45) is 0 Å². The molecule has 0 atom stereocenters. The normalized spacial score (nSPS) is 11.1. The molecule has 0 bridgehead atoms. The van der Waals surface area contributed by atoms with Crippen molar-refractivity contribution in [2.45, 2.75) is 0 Å². The van der Waals surface area contributed by atoms with Gasteiger partial charge < -0.3 is 20.6 Å². The largest absolute Gasteiger partial charge is 0.361 e. The number of hydrogen-bond donors (Lipinski definition) is 4. The van der Waals surface area contributed by atoms with Gasteiger partial charge in [0.05, 0.1) is 0 Å². The zero-order valence-electron chi connectivity index (χ0n) is 13.7. The Morgan fingerprint density at radius 1 is 0.654 bits per heavy atom. The minimum Gasteiger partial charge on any atom is -0.361 e. The lowest BCUT2D eigenvalue weighted by atomic mass is 10.2. The number of H-pyrrole nitrogens is 2. The average molecular weight is 341 g/mol. The van der Waals surface area contributed by atoms with Crippen LogP contribution in [0.1, 0.15) is 0 Å². The van der Waals surface area contributed by atoms with Gasteiger partial charge >= 0.3 is 0 Å². The van der Waals surface area contributed by atoms with E-state index >= 15 is 0 Å². The highest BCUT2D eigenvalue weighted by molar-refractivity contribution is 5.84. The maximum Gasteiger partial charge on any atom is 0.232 e. The molecule has 0 aliphatic carbocycles. The zero-order chi connectivity index (χ0) is 17.3. The molecule has 0 fully saturated rings. The Morgan fingerprint density at radius 2 is 1.19 bits per heavy atom. The molecule has 0 unspecified atom stereocenters. The summed E-state index contributed by atoms with van der Waals surface area (Å²) < 4.78 is 0. The fourth-order valence-corrected chi connectivity index (χ4v) is 2.93. The van der Waals surface area contributed by atoms with Crippen molar-refractivity contribution in [3.63, 3.8) is 0 Å². The lowest BCUT2D eigenvalue weighted by molar-refractivity contribution is 1.06. The lowest BCUT2D eigenvalue weighted by Gasteiger charge is -2.08. The number of nitrogens with one attached hydrogen (secondary N) is 4. The summed E-state index contributed by atoms with van der Waals surface area (Å²) in [5, 5.41) is 8.74. The molecule has 0 amide bonds. The summed E-state index contributed by atoms with van der Waals surface area (Å²) in [6.45, 7) is 0. The Kier molecular flexibility index (Phi) is 3.28. The summed E-state index contributed by atoms with van der Waals surface area (Å²) in [4.78, 5) is 19.2. The van der Waals surface area contributed by atoms with Crippen molar-refractivity contribution in [1.82, 2.24) is 24.9 Å². The number of hydrogen-bond acceptors (Lipinski definition) is 5. The molecule has 0 radical (unpaired) electrons. The molecule has 5 rings (SSSR count). The lowest BCUT2D eigenvalue weighted by Crippen LogP contribution is -2.02. The summed E-state index contributed by atoms with van der Waals surface area (Å²) in [7, 11) is 0. The summed E-state index contributed by atoms with van der Waals surface area (Å²) in [5.41, 5.74) is 3.93. The van der Waals surface area contributed by atoms with Crippen LogP contribution in [0.25, 0.3) is 21.8 Å². The van der Waals surface area contributed by atoms with Crippen LogP contribution in [0, 0.1) is 0 Å². The van der Waals surface area contributed by atoms with Crippen LogP contribution in [0.15, 0.2) is 67.3 Å². The van der Waals surface area contributed by atoms with E-state index in [0.717, 1.165) is 33.2 Å². The fraction of sp³-hybridized carbons (Fsp3) is 0. The van der Waals surface area contributed by atoms with E-state index in [1.165, 1.54) is 6.33 Å². The molecule has 0 aliphatic rings. The van der Waals surface area contributed by atoms with E-state index in [2.05, 4.69) is 35.6 Å². The van der Waals surface area contributed by atoms with Crippen molar-refractivity contribution in [1.29, 1.82) is 0 Å². The Morgan fingerprint density at radius 3 is 1.73 bits per heavy atom. The second-order valence-corrected chi connectivity index (χ2v) is 5.94. The summed E-state index contributed by atoms with van der Waals surface area (Å²) in [6.07, 6.45) is 5.32. The van der Waals surface area contributed by atoms with Crippen LogP contribution in [0.3, 0.4) is 0 Å². The number of anilines is 4. The van der Waals surface area contributed by atoms with Crippen LogP contribution in [0.4, 0.5) is 23.3 Å². The predicted molar refractivity (Wildman–Crippen MR) is 103 cm³/mol. The van der Waals surface area contributed by atoms with E-state index in [1.807, 2.05) is 60.9 Å². The quantitative estimate of drug-likeness (QED) is 0.390. The highest BCUT2D eigenvalue weighted by Crippen LogP contribution is 2.22. The second-order valence-electron chi connectivity index (χ2n) is 5.94. The molecule has 126 valence electrons. The Labute approximate surface area is 148 Å². The number of nitrogens with zero attached hydrogens (tertiary/aromatic N) is 3. The Bertz CT molecular complexity index is 1110. The van der Waals surface area contributed by atoms with Gasteiger partial charge in [-0.1, -0.05) is 12.1 Å². The fourth-order valence-electron chi connectivity index (χ4n) is 2.93. The first-order valence-electron chi connectivity index (χ1n) is 8.21. The van der Waals surface area contributed by atoms with Crippen LogP contribution in [-0.2, 0) is 0 Å². The molecule has 3 heterocycles. The first-order chi connectivity index (χ1) is 12.8. The van der Waals surface area contributed by atoms with Crippen LogP contribution >= 0.6 is 0 Å². The third-order valence-corrected chi connectivity index (χ3v) is 4.19. The van der Waals surface area contributed by atoms with E-state index in [1.54, 1.807) is 0 Å². The van der Waals surface area contributed by atoms with Crippen LogP contribution < -0.4 is 10.6 Å². The highest BCUT2D eigenvalue weighted by Gasteiger charge is 2.04. The monoisotopic (exact) mass is 341 g/mol. The van der Waals surface area contributed by atoms with Gasteiger partial charge in [0.25, 0.3) is 0 Å². The molecule has 7 nitrogen and oxygen atoms in total. The van der Waals surface area contributed by atoms with E-state index in [-0.39, 0.29) is 0 Å². The molecule has 4 N–H and O–H groups in total. The average Bonchev–Trinajstić information content (AvgIpc) is 3.30. The minimum absolute atomic E-state index is 0.481. The van der Waals surface area contributed by atoms with Gasteiger partial charge in [-0.05, 0) is 47.2 Å². The van der Waals surface area contributed by atoms with Gasteiger partial charge in [0.15, 0.2) is 0 Å². The predicted octanol–water partition coefficient (Wildman–Crippen LogP) is 4.32. The maximum absolute atomic E-state index is 4.43. The molecule has 0 saturated heterocycles. The first kappa shape index (κ1) is 14.5. The first-order valence-corrected chi connectivity index (χ1v) is 8.21. The Balaban J connectivity index is 1.39. The van der Waals surface area contributed by atoms with E-state index in [4.69, 9.17) is 0 Å². The zero-order valence-corrected chi connectivity index (χ0v) is 13.7. The van der Waals surface area contributed by atoms with E-state index < -0.39 is 0 Å². The number of rotatable bonds is 4. The molecular weight excluding hydrogens is 326 g/mol. The third kappa shape index (κ3) is 2.71. The molecule has 0 aliphatic heterocycles. The van der Waals surface area contributed by atoms with Gasteiger partial charge in [-0.2, -0.15) is 4.98 Å². The van der Waals surface area contributed by atoms with Crippen molar-refractivity contribution < 1.29 is 0 Å². The van der Waals surface area contributed by atoms with E-state index in [0.29, 0.717) is 11.9 Å². The SMILES string of the molecule is c1nc(Nc2ccc3cc[nH]c3c2)nc(Nc2ccc3cc[nH]c3c2)n1. The molecule has 0 saturated carbocycles. The molecule has 7 heteroatoms. The highest BCUT2D eigenvalue weighted by atomic mass is 15.2. The second kappa shape index (κ2) is 5.89. The van der Waals surface area contributed by atoms with Crippen LogP contribution in [-0.4, -0.2) is 24.9 Å². The van der Waals surface area contributed by atoms with Gasteiger partial charge in [0.1, 0.15) is 6.33 Å². The minimum atomic E-state index is 0.481. The van der Waals surface area contributed by atoms with Crippen molar-refractivity contribution >= 4 is 45.1 Å². The maximum atomic E-state index is 4.43. The summed E-state index contributed by atoms with van der Waals surface area (Å²) >= 11 is 0. The molecule has 0 spiro atoms. The van der Waals surface area contributed by atoms with Crippen LogP contribution in [0.2, 0.25) is 0 Å².